The Morgan fingerprint density at radius 3 is 2.94 bits per heavy atom. The van der Waals surface area contributed by atoms with E-state index in [9.17, 15) is 0 Å². The van der Waals surface area contributed by atoms with Crippen molar-refractivity contribution in [3.63, 3.8) is 0 Å². The Hall–Kier alpha value is -0.940. The molecule has 5 heteroatoms. The van der Waals surface area contributed by atoms with E-state index in [0.717, 1.165) is 25.4 Å². The Kier molecular flexibility index (Phi) is 4.94. The third kappa shape index (κ3) is 4.09. The number of aryl methyl sites for hydroxylation is 1. The van der Waals surface area contributed by atoms with Crippen LogP contribution >= 0.6 is 0 Å². The van der Waals surface area contributed by atoms with Crippen molar-refractivity contribution >= 4 is 0 Å². The van der Waals surface area contributed by atoms with Gasteiger partial charge in [0.05, 0.1) is 24.6 Å². The summed E-state index contributed by atoms with van der Waals surface area (Å²) in [6.45, 7) is 2.50. The minimum atomic E-state index is 0.504. The van der Waals surface area contributed by atoms with Gasteiger partial charge < -0.3 is 10.1 Å². The minimum absolute atomic E-state index is 0.504. The predicted octanol–water partition coefficient (Wildman–Crippen LogP) is 1.25. The predicted molar refractivity (Wildman–Crippen MR) is 65.5 cm³/mol. The van der Waals surface area contributed by atoms with Gasteiger partial charge in [-0.15, -0.1) is 5.10 Å². The van der Waals surface area contributed by atoms with E-state index < -0.39 is 0 Å². The van der Waals surface area contributed by atoms with Gasteiger partial charge in [0.2, 0.25) is 0 Å². The smallest absolute Gasteiger partial charge is 0.0738 e. The third-order valence-corrected chi connectivity index (χ3v) is 3.30. The van der Waals surface area contributed by atoms with E-state index in [1.54, 1.807) is 10.9 Å². The molecule has 1 aliphatic rings. The average Bonchev–Trinajstić information content (AvgIpc) is 2.76. The van der Waals surface area contributed by atoms with Crippen molar-refractivity contribution in [1.29, 1.82) is 0 Å². The lowest BCUT2D eigenvalue weighted by Gasteiger charge is -2.21. The van der Waals surface area contributed by atoms with Crippen molar-refractivity contribution in [2.75, 3.05) is 13.2 Å². The Labute approximate surface area is 103 Å². The zero-order valence-electron chi connectivity index (χ0n) is 10.6. The first-order valence-corrected chi connectivity index (χ1v) is 6.52. The van der Waals surface area contributed by atoms with Gasteiger partial charge in [-0.25, -0.2) is 0 Å². The second kappa shape index (κ2) is 6.71. The standard InChI is InChI=1S/C12H22N4O/c1-16-11(10-14-15-16)9-13-7-8-17-12-5-3-2-4-6-12/h10,12-13H,2-9H2,1H3. The zero-order valence-corrected chi connectivity index (χ0v) is 10.6. The lowest BCUT2D eigenvalue weighted by atomic mass is 9.98. The van der Waals surface area contributed by atoms with Crippen molar-refractivity contribution in [2.45, 2.75) is 44.8 Å². The van der Waals surface area contributed by atoms with Crippen LogP contribution in [-0.4, -0.2) is 34.2 Å². The second-order valence-electron chi connectivity index (χ2n) is 4.66. The highest BCUT2D eigenvalue weighted by Crippen LogP contribution is 2.19. The number of rotatable bonds is 6. The van der Waals surface area contributed by atoms with Crippen LogP contribution in [0.4, 0.5) is 0 Å². The number of hydrogen-bond donors (Lipinski definition) is 1. The van der Waals surface area contributed by atoms with E-state index in [-0.39, 0.29) is 0 Å². The lowest BCUT2D eigenvalue weighted by molar-refractivity contribution is 0.0302. The van der Waals surface area contributed by atoms with E-state index in [1.807, 2.05) is 7.05 Å². The molecule has 1 saturated carbocycles. The van der Waals surface area contributed by atoms with Crippen molar-refractivity contribution in [1.82, 2.24) is 20.3 Å². The third-order valence-electron chi connectivity index (χ3n) is 3.30. The molecule has 0 atom stereocenters. The van der Waals surface area contributed by atoms with Crippen molar-refractivity contribution < 1.29 is 4.74 Å². The molecule has 1 aromatic rings. The van der Waals surface area contributed by atoms with Gasteiger partial charge in [0, 0.05) is 20.1 Å². The summed E-state index contributed by atoms with van der Waals surface area (Å²) in [6.07, 6.45) is 8.82. The van der Waals surface area contributed by atoms with E-state index in [2.05, 4.69) is 15.6 Å². The molecule has 1 N–H and O–H groups in total. The van der Waals surface area contributed by atoms with Crippen LogP contribution in [0.3, 0.4) is 0 Å². The number of nitrogens with zero attached hydrogens (tertiary/aromatic N) is 3. The maximum absolute atomic E-state index is 5.83. The average molecular weight is 238 g/mol. The molecule has 2 rings (SSSR count). The summed E-state index contributed by atoms with van der Waals surface area (Å²) in [7, 11) is 1.91. The van der Waals surface area contributed by atoms with Gasteiger partial charge >= 0.3 is 0 Å². The largest absolute Gasteiger partial charge is 0.377 e. The molecule has 5 nitrogen and oxygen atoms in total. The van der Waals surface area contributed by atoms with Crippen molar-refractivity contribution in [3.05, 3.63) is 11.9 Å². The Balaban J connectivity index is 1.53. The van der Waals surface area contributed by atoms with Crippen LogP contribution in [-0.2, 0) is 18.3 Å². The number of nitrogens with one attached hydrogen (secondary N) is 1. The highest BCUT2D eigenvalue weighted by molar-refractivity contribution is 4.91. The monoisotopic (exact) mass is 238 g/mol. The molecular weight excluding hydrogens is 216 g/mol. The summed E-state index contributed by atoms with van der Waals surface area (Å²) in [5, 5.41) is 11.1. The highest BCUT2D eigenvalue weighted by atomic mass is 16.5. The highest BCUT2D eigenvalue weighted by Gasteiger charge is 2.12. The van der Waals surface area contributed by atoms with E-state index in [0.29, 0.717) is 6.10 Å². The normalized spacial score (nSPS) is 17.5. The first kappa shape index (κ1) is 12.5. The van der Waals surface area contributed by atoms with Crippen LogP contribution < -0.4 is 5.32 Å². The Bertz CT molecular complexity index is 320. The fraction of sp³-hybridized carbons (Fsp3) is 0.833. The summed E-state index contributed by atoms with van der Waals surface area (Å²) >= 11 is 0. The van der Waals surface area contributed by atoms with Crippen LogP contribution in [0.15, 0.2) is 6.20 Å². The molecule has 1 aliphatic carbocycles. The first-order valence-electron chi connectivity index (χ1n) is 6.52. The van der Waals surface area contributed by atoms with Gasteiger partial charge in [-0.2, -0.15) is 0 Å². The molecule has 0 aromatic carbocycles. The van der Waals surface area contributed by atoms with Crippen LogP contribution in [0.2, 0.25) is 0 Å². The molecular formula is C12H22N4O. The molecule has 17 heavy (non-hydrogen) atoms. The number of ether oxygens (including phenoxy) is 1. The zero-order chi connectivity index (χ0) is 11.9. The van der Waals surface area contributed by atoms with Gasteiger partial charge in [0.25, 0.3) is 0 Å². The molecule has 1 heterocycles. The fourth-order valence-electron chi connectivity index (χ4n) is 2.22. The molecule has 0 bridgehead atoms. The van der Waals surface area contributed by atoms with Crippen molar-refractivity contribution in [2.24, 2.45) is 7.05 Å². The summed E-state index contributed by atoms with van der Waals surface area (Å²) < 4.78 is 7.62. The molecule has 0 amide bonds. The van der Waals surface area contributed by atoms with Gasteiger partial charge in [-0.1, -0.05) is 24.5 Å². The molecule has 1 aromatic heterocycles. The maximum Gasteiger partial charge on any atom is 0.0738 e. The summed E-state index contributed by atoms with van der Waals surface area (Å²) in [6, 6.07) is 0. The van der Waals surface area contributed by atoms with Gasteiger partial charge in [-0.05, 0) is 12.8 Å². The Morgan fingerprint density at radius 2 is 2.24 bits per heavy atom. The minimum Gasteiger partial charge on any atom is -0.377 e. The summed E-state index contributed by atoms with van der Waals surface area (Å²) in [5.41, 5.74) is 1.10. The lowest BCUT2D eigenvalue weighted by Crippen LogP contribution is -2.25. The van der Waals surface area contributed by atoms with E-state index in [1.165, 1.54) is 32.1 Å². The first-order chi connectivity index (χ1) is 8.36. The van der Waals surface area contributed by atoms with Crippen LogP contribution in [0.25, 0.3) is 0 Å². The quantitative estimate of drug-likeness (QED) is 0.758. The number of aromatic nitrogens is 3. The van der Waals surface area contributed by atoms with Gasteiger partial charge in [-0.3, -0.25) is 4.68 Å². The van der Waals surface area contributed by atoms with Crippen LogP contribution in [0.5, 0.6) is 0 Å². The SMILES string of the molecule is Cn1nncc1CNCCOC1CCCCC1. The molecule has 1 fully saturated rings. The van der Waals surface area contributed by atoms with E-state index >= 15 is 0 Å². The number of hydrogen-bond acceptors (Lipinski definition) is 4. The second-order valence-corrected chi connectivity index (χ2v) is 4.66. The van der Waals surface area contributed by atoms with Crippen LogP contribution in [0, 0.1) is 0 Å². The van der Waals surface area contributed by atoms with Crippen LogP contribution in [0.1, 0.15) is 37.8 Å². The van der Waals surface area contributed by atoms with E-state index in [4.69, 9.17) is 4.74 Å². The molecule has 0 radical (unpaired) electrons. The topological polar surface area (TPSA) is 52.0 Å². The molecule has 0 saturated heterocycles. The Morgan fingerprint density at radius 1 is 1.41 bits per heavy atom. The van der Waals surface area contributed by atoms with Gasteiger partial charge in [0.15, 0.2) is 0 Å². The summed E-state index contributed by atoms with van der Waals surface area (Å²) in [4.78, 5) is 0. The summed E-state index contributed by atoms with van der Waals surface area (Å²) in [5.74, 6) is 0. The maximum atomic E-state index is 5.83. The van der Waals surface area contributed by atoms with Gasteiger partial charge in [0.1, 0.15) is 0 Å². The molecule has 0 spiro atoms. The molecule has 0 unspecified atom stereocenters. The molecule has 0 aliphatic heterocycles. The molecule has 96 valence electrons. The van der Waals surface area contributed by atoms with Crippen molar-refractivity contribution in [3.8, 4) is 0 Å². The fourth-order valence-corrected chi connectivity index (χ4v) is 2.22.